The Labute approximate surface area is 194 Å². The predicted octanol–water partition coefficient (Wildman–Crippen LogP) is 4.18. The van der Waals surface area contributed by atoms with Crippen molar-refractivity contribution in [3.05, 3.63) is 89.5 Å². The molecule has 0 atom stereocenters. The smallest absolute Gasteiger partial charge is 0.338 e. The highest BCUT2D eigenvalue weighted by Gasteiger charge is 2.23. The topological polar surface area (TPSA) is 92.8 Å². The molecule has 0 heterocycles. The van der Waals surface area contributed by atoms with E-state index in [1.165, 1.54) is 31.3 Å². The van der Waals surface area contributed by atoms with Gasteiger partial charge in [-0.05, 0) is 61.4 Å². The van der Waals surface area contributed by atoms with Gasteiger partial charge in [0, 0.05) is 12.7 Å². The van der Waals surface area contributed by atoms with E-state index >= 15 is 0 Å². The Balaban J connectivity index is 1.65. The zero-order valence-electron chi connectivity index (χ0n) is 18.7. The number of amides is 1. The van der Waals surface area contributed by atoms with Crippen LogP contribution in [0.1, 0.15) is 28.4 Å². The van der Waals surface area contributed by atoms with Crippen LogP contribution in [0.15, 0.2) is 77.7 Å². The van der Waals surface area contributed by atoms with Gasteiger partial charge in [0.25, 0.3) is 15.9 Å². The summed E-state index contributed by atoms with van der Waals surface area (Å²) in [6, 6.07) is 20.0. The van der Waals surface area contributed by atoms with Gasteiger partial charge in [-0.25, -0.2) is 13.2 Å². The molecule has 0 bridgehead atoms. The average Bonchev–Trinajstić information content (AvgIpc) is 2.83. The molecule has 8 heteroatoms. The van der Waals surface area contributed by atoms with Crippen LogP contribution in [0.4, 0.5) is 11.4 Å². The maximum absolute atomic E-state index is 13.0. The van der Waals surface area contributed by atoms with Crippen molar-refractivity contribution in [2.24, 2.45) is 0 Å². The third-order valence-electron chi connectivity index (χ3n) is 5.11. The van der Waals surface area contributed by atoms with E-state index in [2.05, 4.69) is 5.32 Å². The predicted molar refractivity (Wildman–Crippen MR) is 128 cm³/mol. The molecule has 0 saturated carbocycles. The lowest BCUT2D eigenvalue weighted by Crippen LogP contribution is -2.27. The Morgan fingerprint density at radius 3 is 2.27 bits per heavy atom. The monoisotopic (exact) mass is 466 g/mol. The molecule has 1 amide bonds. The van der Waals surface area contributed by atoms with Crippen molar-refractivity contribution in [1.82, 2.24) is 0 Å². The standard InChI is InChI=1S/C25H26N2O5S/c1-4-19-10-12-21(13-11-19)26-24(28)17-32-25(29)20-6-5-7-23(16-20)33(30,31)27(3)22-14-8-18(2)9-15-22/h5-16H,4,17H2,1-3H3,(H,26,28). The number of ether oxygens (including phenoxy) is 1. The largest absolute Gasteiger partial charge is 0.452 e. The van der Waals surface area contributed by atoms with E-state index < -0.39 is 28.5 Å². The van der Waals surface area contributed by atoms with Gasteiger partial charge in [0.1, 0.15) is 0 Å². The number of carbonyl (C=O) groups is 2. The summed E-state index contributed by atoms with van der Waals surface area (Å²) in [6.07, 6.45) is 0.890. The van der Waals surface area contributed by atoms with Crippen LogP contribution in [-0.4, -0.2) is 33.9 Å². The quantitative estimate of drug-likeness (QED) is 0.503. The highest BCUT2D eigenvalue weighted by atomic mass is 32.2. The first-order valence-electron chi connectivity index (χ1n) is 10.4. The summed E-state index contributed by atoms with van der Waals surface area (Å²) in [6.45, 7) is 3.46. The molecule has 7 nitrogen and oxygen atoms in total. The molecule has 33 heavy (non-hydrogen) atoms. The molecule has 3 rings (SSSR count). The Hall–Kier alpha value is -3.65. The van der Waals surface area contributed by atoms with Crippen LogP contribution in [-0.2, 0) is 26.0 Å². The molecule has 0 aromatic heterocycles. The Kier molecular flexibility index (Phi) is 7.50. The Morgan fingerprint density at radius 2 is 1.64 bits per heavy atom. The third-order valence-corrected chi connectivity index (χ3v) is 6.89. The fourth-order valence-corrected chi connectivity index (χ4v) is 4.31. The molecule has 0 aliphatic rings. The van der Waals surface area contributed by atoms with Gasteiger partial charge >= 0.3 is 5.97 Å². The van der Waals surface area contributed by atoms with Crippen LogP contribution in [0.2, 0.25) is 0 Å². The molecule has 0 aliphatic heterocycles. The van der Waals surface area contributed by atoms with Gasteiger partial charge in [-0.1, -0.05) is 42.8 Å². The van der Waals surface area contributed by atoms with Crippen molar-refractivity contribution < 1.29 is 22.7 Å². The first-order chi connectivity index (χ1) is 15.7. The summed E-state index contributed by atoms with van der Waals surface area (Å²) >= 11 is 0. The lowest BCUT2D eigenvalue weighted by Gasteiger charge is -2.20. The number of benzene rings is 3. The molecule has 3 aromatic rings. The number of hydrogen-bond acceptors (Lipinski definition) is 5. The Bertz CT molecular complexity index is 1240. The highest BCUT2D eigenvalue weighted by molar-refractivity contribution is 7.92. The number of aryl methyl sites for hydroxylation is 2. The first-order valence-corrected chi connectivity index (χ1v) is 11.9. The lowest BCUT2D eigenvalue weighted by molar-refractivity contribution is -0.119. The van der Waals surface area contributed by atoms with Crippen LogP contribution in [0.3, 0.4) is 0 Å². The summed E-state index contributed by atoms with van der Waals surface area (Å²) in [7, 11) is -2.45. The zero-order chi connectivity index (χ0) is 24.0. The minimum atomic E-state index is -3.89. The number of sulfonamides is 1. The second kappa shape index (κ2) is 10.3. The normalized spacial score (nSPS) is 11.0. The molecule has 1 N–H and O–H groups in total. The van der Waals surface area contributed by atoms with Gasteiger partial charge < -0.3 is 10.1 Å². The van der Waals surface area contributed by atoms with Crippen molar-refractivity contribution in [2.75, 3.05) is 23.3 Å². The zero-order valence-corrected chi connectivity index (χ0v) is 19.6. The number of nitrogens with one attached hydrogen (secondary N) is 1. The van der Waals surface area contributed by atoms with Crippen molar-refractivity contribution in [1.29, 1.82) is 0 Å². The van der Waals surface area contributed by atoms with E-state index in [9.17, 15) is 18.0 Å². The fraction of sp³-hybridized carbons (Fsp3) is 0.200. The SMILES string of the molecule is CCc1ccc(NC(=O)COC(=O)c2cccc(S(=O)(=O)N(C)c3ccc(C)cc3)c2)cc1. The maximum atomic E-state index is 13.0. The molecule has 0 radical (unpaired) electrons. The van der Waals surface area contributed by atoms with E-state index in [-0.39, 0.29) is 10.5 Å². The highest BCUT2D eigenvalue weighted by Crippen LogP contribution is 2.23. The van der Waals surface area contributed by atoms with Gasteiger partial charge in [-0.2, -0.15) is 0 Å². The molecule has 0 saturated heterocycles. The first kappa shape index (κ1) is 24.0. The van der Waals surface area contributed by atoms with Gasteiger partial charge in [0.15, 0.2) is 6.61 Å². The fourth-order valence-electron chi connectivity index (χ4n) is 3.07. The molecule has 3 aromatic carbocycles. The van der Waals surface area contributed by atoms with Gasteiger partial charge in [-0.15, -0.1) is 0 Å². The van der Waals surface area contributed by atoms with E-state index in [0.717, 1.165) is 21.9 Å². The number of esters is 1. The molecule has 0 fully saturated rings. The van der Waals surface area contributed by atoms with E-state index in [4.69, 9.17) is 4.74 Å². The molecular weight excluding hydrogens is 440 g/mol. The number of carbonyl (C=O) groups excluding carboxylic acids is 2. The number of anilines is 2. The molecule has 0 unspecified atom stereocenters. The Morgan fingerprint density at radius 1 is 0.970 bits per heavy atom. The second-order valence-corrected chi connectivity index (χ2v) is 9.48. The third kappa shape index (κ3) is 5.98. The summed E-state index contributed by atoms with van der Waals surface area (Å²) in [5.74, 6) is -1.28. The molecule has 0 aliphatic carbocycles. The van der Waals surface area contributed by atoms with Crippen LogP contribution < -0.4 is 9.62 Å². The summed E-state index contributed by atoms with van der Waals surface area (Å²) in [4.78, 5) is 24.5. The summed E-state index contributed by atoms with van der Waals surface area (Å²) < 4.78 is 32.3. The van der Waals surface area contributed by atoms with Gasteiger partial charge in [0.2, 0.25) is 0 Å². The van der Waals surface area contributed by atoms with Crippen molar-refractivity contribution in [3.8, 4) is 0 Å². The van der Waals surface area contributed by atoms with Crippen LogP contribution in [0.25, 0.3) is 0 Å². The minimum absolute atomic E-state index is 0.0356. The molecule has 0 spiro atoms. The molecular formula is C25H26N2O5S. The lowest BCUT2D eigenvalue weighted by atomic mass is 10.1. The van der Waals surface area contributed by atoms with E-state index in [1.807, 2.05) is 38.1 Å². The number of nitrogens with zero attached hydrogens (tertiary/aromatic N) is 1. The summed E-state index contributed by atoms with van der Waals surface area (Å²) in [5.41, 5.74) is 3.28. The van der Waals surface area contributed by atoms with Crippen LogP contribution in [0, 0.1) is 6.92 Å². The van der Waals surface area contributed by atoms with Crippen LogP contribution in [0.5, 0.6) is 0 Å². The maximum Gasteiger partial charge on any atom is 0.338 e. The number of rotatable bonds is 8. The average molecular weight is 467 g/mol. The van der Waals surface area contributed by atoms with E-state index in [1.54, 1.807) is 24.3 Å². The minimum Gasteiger partial charge on any atom is -0.452 e. The second-order valence-electron chi connectivity index (χ2n) is 7.51. The van der Waals surface area contributed by atoms with Crippen molar-refractivity contribution >= 4 is 33.3 Å². The molecule has 172 valence electrons. The van der Waals surface area contributed by atoms with Crippen molar-refractivity contribution in [3.63, 3.8) is 0 Å². The van der Waals surface area contributed by atoms with E-state index in [0.29, 0.717) is 11.4 Å². The van der Waals surface area contributed by atoms with Gasteiger partial charge in [-0.3, -0.25) is 9.10 Å². The van der Waals surface area contributed by atoms with Crippen LogP contribution >= 0.6 is 0 Å². The van der Waals surface area contributed by atoms with Gasteiger partial charge in [0.05, 0.1) is 16.1 Å². The summed E-state index contributed by atoms with van der Waals surface area (Å²) in [5, 5.41) is 2.65. The number of hydrogen-bond donors (Lipinski definition) is 1. The van der Waals surface area contributed by atoms with Crippen molar-refractivity contribution in [2.45, 2.75) is 25.2 Å².